The Morgan fingerprint density at radius 1 is 1.12 bits per heavy atom. The van der Waals surface area contributed by atoms with Crippen molar-refractivity contribution >= 4 is 34.7 Å². The zero-order valence-corrected chi connectivity index (χ0v) is 14.9. The number of carbonyl (C=O) groups is 2. The van der Waals surface area contributed by atoms with E-state index in [1.807, 2.05) is 31.2 Å². The summed E-state index contributed by atoms with van der Waals surface area (Å²) in [5.74, 6) is 0.0461. The third-order valence-corrected chi connectivity index (χ3v) is 4.56. The molecule has 26 heavy (non-hydrogen) atoms. The molecule has 0 unspecified atom stereocenters. The lowest BCUT2D eigenvalue weighted by Crippen LogP contribution is -2.33. The van der Waals surface area contributed by atoms with E-state index < -0.39 is 0 Å². The molecule has 0 bridgehead atoms. The molecule has 1 saturated heterocycles. The third-order valence-electron chi connectivity index (χ3n) is 3.65. The van der Waals surface area contributed by atoms with Crippen LogP contribution in [0.1, 0.15) is 12.5 Å². The summed E-state index contributed by atoms with van der Waals surface area (Å²) in [7, 11) is 0. The summed E-state index contributed by atoms with van der Waals surface area (Å²) in [4.78, 5) is 26.0. The fourth-order valence-corrected chi connectivity index (χ4v) is 3.19. The van der Waals surface area contributed by atoms with E-state index in [9.17, 15) is 14.0 Å². The summed E-state index contributed by atoms with van der Waals surface area (Å²) >= 11 is 0.896. The summed E-state index contributed by atoms with van der Waals surface area (Å²) in [5.41, 5.74) is 1.44. The van der Waals surface area contributed by atoms with Crippen molar-refractivity contribution in [3.63, 3.8) is 0 Å². The molecule has 134 valence electrons. The SMILES string of the molecule is CCOc1ccc(/C=C2/SC(=O)N(CNc3ccc(F)cc3)C2=O)cc1. The molecule has 2 aromatic carbocycles. The van der Waals surface area contributed by atoms with Crippen LogP contribution in [0.4, 0.5) is 14.9 Å². The van der Waals surface area contributed by atoms with Crippen LogP contribution < -0.4 is 10.1 Å². The minimum Gasteiger partial charge on any atom is -0.494 e. The van der Waals surface area contributed by atoms with Crippen molar-refractivity contribution in [2.45, 2.75) is 6.92 Å². The summed E-state index contributed by atoms with van der Waals surface area (Å²) in [6.07, 6.45) is 1.68. The van der Waals surface area contributed by atoms with Crippen LogP contribution in [0.15, 0.2) is 53.4 Å². The van der Waals surface area contributed by atoms with Crippen molar-refractivity contribution < 1.29 is 18.7 Å². The summed E-state index contributed by atoms with van der Waals surface area (Å²) in [5, 5.41) is 2.60. The largest absolute Gasteiger partial charge is 0.494 e. The molecule has 1 aliphatic rings. The van der Waals surface area contributed by atoms with Crippen molar-refractivity contribution in [3.8, 4) is 5.75 Å². The Bertz CT molecular complexity index is 835. The maximum Gasteiger partial charge on any atom is 0.295 e. The van der Waals surface area contributed by atoms with Gasteiger partial charge in [-0.2, -0.15) is 0 Å². The van der Waals surface area contributed by atoms with Gasteiger partial charge in [-0.15, -0.1) is 0 Å². The second-order valence-corrected chi connectivity index (χ2v) is 6.45. The molecule has 1 aliphatic heterocycles. The Kier molecular flexibility index (Phi) is 5.58. The van der Waals surface area contributed by atoms with Gasteiger partial charge in [0.15, 0.2) is 0 Å². The van der Waals surface area contributed by atoms with E-state index in [4.69, 9.17) is 4.74 Å². The average molecular weight is 372 g/mol. The van der Waals surface area contributed by atoms with Crippen LogP contribution >= 0.6 is 11.8 Å². The Balaban J connectivity index is 1.66. The molecule has 5 nitrogen and oxygen atoms in total. The molecule has 1 N–H and O–H groups in total. The Morgan fingerprint density at radius 2 is 1.81 bits per heavy atom. The quantitative estimate of drug-likeness (QED) is 0.765. The van der Waals surface area contributed by atoms with Gasteiger partial charge in [-0.05, 0) is 66.7 Å². The number of nitrogens with one attached hydrogen (secondary N) is 1. The van der Waals surface area contributed by atoms with Crippen molar-refractivity contribution in [2.75, 3.05) is 18.6 Å². The number of halogens is 1. The molecule has 2 amide bonds. The monoisotopic (exact) mass is 372 g/mol. The van der Waals surface area contributed by atoms with Crippen molar-refractivity contribution in [3.05, 3.63) is 64.8 Å². The summed E-state index contributed by atoms with van der Waals surface area (Å²) in [6, 6.07) is 13.0. The maximum absolute atomic E-state index is 12.9. The number of amides is 2. The van der Waals surface area contributed by atoms with E-state index in [0.717, 1.165) is 28.0 Å². The van der Waals surface area contributed by atoms with Gasteiger partial charge < -0.3 is 10.1 Å². The van der Waals surface area contributed by atoms with E-state index in [0.29, 0.717) is 17.2 Å². The maximum atomic E-state index is 12.9. The van der Waals surface area contributed by atoms with Crippen molar-refractivity contribution in [1.29, 1.82) is 0 Å². The molecule has 1 fully saturated rings. The zero-order chi connectivity index (χ0) is 18.5. The molecule has 0 aromatic heterocycles. The van der Waals surface area contributed by atoms with E-state index in [-0.39, 0.29) is 23.6 Å². The molecule has 3 rings (SSSR count). The molecule has 2 aromatic rings. The van der Waals surface area contributed by atoms with Gasteiger partial charge >= 0.3 is 0 Å². The highest BCUT2D eigenvalue weighted by Crippen LogP contribution is 2.32. The van der Waals surface area contributed by atoms with Gasteiger partial charge in [0.2, 0.25) is 0 Å². The highest BCUT2D eigenvalue weighted by molar-refractivity contribution is 8.18. The highest BCUT2D eigenvalue weighted by atomic mass is 32.2. The van der Waals surface area contributed by atoms with Crippen LogP contribution in [-0.2, 0) is 4.79 Å². The van der Waals surface area contributed by atoms with E-state index in [1.165, 1.54) is 12.1 Å². The first-order chi connectivity index (χ1) is 12.6. The molecular weight excluding hydrogens is 355 g/mol. The average Bonchev–Trinajstić information content (AvgIpc) is 2.90. The van der Waals surface area contributed by atoms with Crippen LogP contribution in [0.3, 0.4) is 0 Å². The number of thioether (sulfide) groups is 1. The van der Waals surface area contributed by atoms with Crippen LogP contribution in [0, 0.1) is 5.82 Å². The normalized spacial score (nSPS) is 15.6. The van der Waals surface area contributed by atoms with Gasteiger partial charge in [0, 0.05) is 5.69 Å². The minimum absolute atomic E-state index is 0.0247. The number of hydrogen-bond donors (Lipinski definition) is 1. The minimum atomic E-state index is -0.358. The molecule has 0 atom stereocenters. The van der Waals surface area contributed by atoms with E-state index in [2.05, 4.69) is 5.32 Å². The first kappa shape index (κ1) is 18.0. The predicted octanol–water partition coefficient (Wildman–Crippen LogP) is 4.33. The molecular formula is C19H17FN2O3S. The van der Waals surface area contributed by atoms with Crippen LogP contribution in [0.5, 0.6) is 5.75 Å². The van der Waals surface area contributed by atoms with Gasteiger partial charge in [0.25, 0.3) is 11.1 Å². The third kappa shape index (κ3) is 4.23. The van der Waals surface area contributed by atoms with Crippen LogP contribution in [0.25, 0.3) is 6.08 Å². The number of anilines is 1. The first-order valence-corrected chi connectivity index (χ1v) is 8.86. The summed E-state index contributed by atoms with van der Waals surface area (Å²) in [6.45, 7) is 2.51. The van der Waals surface area contributed by atoms with E-state index in [1.54, 1.807) is 18.2 Å². The number of ether oxygens (including phenoxy) is 1. The van der Waals surface area contributed by atoms with Gasteiger partial charge in [0.05, 0.1) is 18.2 Å². The topological polar surface area (TPSA) is 58.6 Å². The second-order valence-electron chi connectivity index (χ2n) is 5.45. The Labute approximate surface area is 154 Å². The second kappa shape index (κ2) is 8.05. The van der Waals surface area contributed by atoms with Crippen molar-refractivity contribution in [1.82, 2.24) is 4.90 Å². The van der Waals surface area contributed by atoms with Gasteiger partial charge in [-0.3, -0.25) is 14.5 Å². The fraction of sp³-hybridized carbons (Fsp3) is 0.158. The smallest absolute Gasteiger partial charge is 0.295 e. The lowest BCUT2D eigenvalue weighted by molar-refractivity contribution is -0.122. The first-order valence-electron chi connectivity index (χ1n) is 8.04. The lowest BCUT2D eigenvalue weighted by Gasteiger charge is -2.14. The zero-order valence-electron chi connectivity index (χ0n) is 14.1. The standard InChI is InChI=1S/C19H17FN2O3S/c1-2-25-16-9-3-13(4-10-16)11-17-18(23)22(19(24)26-17)12-21-15-7-5-14(20)6-8-15/h3-11,21H,2,12H2,1H3/b17-11+. The number of benzene rings is 2. The van der Waals surface area contributed by atoms with Gasteiger partial charge in [-0.1, -0.05) is 12.1 Å². The number of rotatable bonds is 6. The molecule has 0 radical (unpaired) electrons. The lowest BCUT2D eigenvalue weighted by atomic mass is 10.2. The van der Waals surface area contributed by atoms with Crippen LogP contribution in [0.2, 0.25) is 0 Å². The number of hydrogen-bond acceptors (Lipinski definition) is 5. The van der Waals surface area contributed by atoms with Crippen LogP contribution in [-0.4, -0.2) is 29.3 Å². The van der Waals surface area contributed by atoms with Gasteiger partial charge in [-0.25, -0.2) is 4.39 Å². The highest BCUT2D eigenvalue weighted by Gasteiger charge is 2.34. The van der Waals surface area contributed by atoms with E-state index >= 15 is 0 Å². The fourth-order valence-electron chi connectivity index (χ4n) is 2.35. The molecule has 0 aliphatic carbocycles. The molecule has 0 saturated carbocycles. The Morgan fingerprint density at radius 3 is 2.46 bits per heavy atom. The molecule has 0 spiro atoms. The number of imide groups is 1. The Hall–Kier alpha value is -2.80. The molecule has 1 heterocycles. The number of nitrogens with zero attached hydrogens (tertiary/aromatic N) is 1. The predicted molar refractivity (Wildman–Crippen MR) is 100 cm³/mol. The number of carbonyl (C=O) groups excluding carboxylic acids is 2. The molecule has 7 heteroatoms. The van der Waals surface area contributed by atoms with Gasteiger partial charge in [0.1, 0.15) is 11.6 Å². The summed E-state index contributed by atoms with van der Waals surface area (Å²) < 4.78 is 18.3. The van der Waals surface area contributed by atoms with Crippen molar-refractivity contribution in [2.24, 2.45) is 0 Å².